The van der Waals surface area contributed by atoms with E-state index in [2.05, 4.69) is 4.74 Å². The first kappa shape index (κ1) is 20.7. The van der Waals surface area contributed by atoms with Gasteiger partial charge in [0.05, 0.1) is 19.8 Å². The van der Waals surface area contributed by atoms with Crippen LogP contribution in [-0.2, 0) is 28.8 Å². The van der Waals surface area contributed by atoms with Crippen molar-refractivity contribution in [2.45, 2.75) is 32.5 Å². The smallest absolute Gasteiger partial charge is 0.349 e. The maximum Gasteiger partial charge on any atom is 0.349 e. The summed E-state index contributed by atoms with van der Waals surface area (Å²) in [5, 5.41) is 0. The molecule has 0 amide bonds. The number of carbonyl (C=O) groups is 2. The molecule has 0 aromatic heterocycles. The number of ether oxygens (including phenoxy) is 3. The third-order valence-corrected chi connectivity index (χ3v) is 2.76. The van der Waals surface area contributed by atoms with Crippen molar-refractivity contribution in [2.75, 3.05) is 20.8 Å². The molecule has 25 heavy (non-hydrogen) atoms. The molecule has 7 heteroatoms. The summed E-state index contributed by atoms with van der Waals surface area (Å²) >= 11 is 0. The first-order valence-corrected chi connectivity index (χ1v) is 7.66. The van der Waals surface area contributed by atoms with Crippen LogP contribution in [0.15, 0.2) is 30.3 Å². The van der Waals surface area contributed by atoms with E-state index in [0.717, 1.165) is 5.56 Å². The standard InChI is InChI=1S/C18H24O7/c1-18(2,3)25-23-12-15(17(20)22-5)24-16(19)10-9-13-7-6-8-14(11-13)21-4/h6-11,15H,12H2,1-5H3/b10-9+/t15-/m1/s1. The van der Waals surface area contributed by atoms with Gasteiger partial charge in [-0.15, -0.1) is 0 Å². The molecule has 0 bridgehead atoms. The van der Waals surface area contributed by atoms with Crippen molar-refractivity contribution in [2.24, 2.45) is 0 Å². The Morgan fingerprint density at radius 1 is 1.20 bits per heavy atom. The lowest BCUT2D eigenvalue weighted by Gasteiger charge is -2.20. The van der Waals surface area contributed by atoms with Crippen LogP contribution < -0.4 is 4.74 Å². The van der Waals surface area contributed by atoms with E-state index >= 15 is 0 Å². The average Bonchev–Trinajstić information content (AvgIpc) is 2.57. The van der Waals surface area contributed by atoms with Crippen LogP contribution in [0.4, 0.5) is 0 Å². The second kappa shape index (κ2) is 9.80. The monoisotopic (exact) mass is 352 g/mol. The number of rotatable bonds is 8. The second-order valence-corrected chi connectivity index (χ2v) is 6.04. The predicted octanol–water partition coefficient (Wildman–Crippen LogP) is 2.54. The fraction of sp³-hybridized carbons (Fsp3) is 0.444. The molecule has 0 radical (unpaired) electrons. The molecule has 1 aromatic carbocycles. The van der Waals surface area contributed by atoms with Crippen LogP contribution in [-0.4, -0.2) is 44.5 Å². The van der Waals surface area contributed by atoms with E-state index in [4.69, 9.17) is 19.2 Å². The van der Waals surface area contributed by atoms with Gasteiger partial charge in [0.15, 0.2) is 0 Å². The highest BCUT2D eigenvalue weighted by molar-refractivity contribution is 5.89. The van der Waals surface area contributed by atoms with Crippen LogP contribution >= 0.6 is 0 Å². The minimum Gasteiger partial charge on any atom is -0.497 e. The average molecular weight is 352 g/mol. The van der Waals surface area contributed by atoms with E-state index in [1.807, 2.05) is 0 Å². The topological polar surface area (TPSA) is 80.3 Å². The molecule has 0 N–H and O–H groups in total. The van der Waals surface area contributed by atoms with E-state index in [0.29, 0.717) is 5.75 Å². The van der Waals surface area contributed by atoms with Crippen LogP contribution in [0, 0.1) is 0 Å². The van der Waals surface area contributed by atoms with Crippen LogP contribution in [0.2, 0.25) is 0 Å². The molecule has 1 rings (SSSR count). The summed E-state index contributed by atoms with van der Waals surface area (Å²) in [7, 11) is 2.75. The first-order chi connectivity index (χ1) is 11.7. The molecular weight excluding hydrogens is 328 g/mol. The zero-order chi connectivity index (χ0) is 18.9. The SMILES string of the molecule is COC(=O)[C@@H](COOC(C)(C)C)OC(=O)/C=C/c1cccc(OC)c1. The van der Waals surface area contributed by atoms with Crippen molar-refractivity contribution < 1.29 is 33.6 Å². The van der Waals surface area contributed by atoms with Crippen molar-refractivity contribution >= 4 is 18.0 Å². The Labute approximate surface area is 147 Å². The number of esters is 2. The van der Waals surface area contributed by atoms with Gasteiger partial charge in [0.2, 0.25) is 6.10 Å². The molecule has 7 nitrogen and oxygen atoms in total. The van der Waals surface area contributed by atoms with Crippen molar-refractivity contribution in [3.63, 3.8) is 0 Å². The molecule has 0 saturated carbocycles. The summed E-state index contributed by atoms with van der Waals surface area (Å²) in [4.78, 5) is 33.6. The van der Waals surface area contributed by atoms with Crippen molar-refractivity contribution in [3.05, 3.63) is 35.9 Å². The molecule has 0 fully saturated rings. The van der Waals surface area contributed by atoms with Crippen LogP contribution in [0.1, 0.15) is 26.3 Å². The summed E-state index contributed by atoms with van der Waals surface area (Å²) in [6.45, 7) is 5.07. The van der Waals surface area contributed by atoms with Gasteiger partial charge in [-0.1, -0.05) is 12.1 Å². The fourth-order valence-corrected chi connectivity index (χ4v) is 1.64. The summed E-state index contributed by atoms with van der Waals surface area (Å²) < 4.78 is 14.8. The molecule has 0 saturated heterocycles. The summed E-state index contributed by atoms with van der Waals surface area (Å²) in [6, 6.07) is 7.13. The Morgan fingerprint density at radius 2 is 1.92 bits per heavy atom. The minimum atomic E-state index is -1.23. The molecule has 138 valence electrons. The molecule has 0 aliphatic heterocycles. The second-order valence-electron chi connectivity index (χ2n) is 6.04. The Morgan fingerprint density at radius 3 is 2.52 bits per heavy atom. The van der Waals surface area contributed by atoms with Crippen molar-refractivity contribution in [3.8, 4) is 5.75 Å². The summed E-state index contributed by atoms with van der Waals surface area (Å²) in [6.07, 6.45) is 1.52. The lowest BCUT2D eigenvalue weighted by Crippen LogP contribution is -2.34. The third kappa shape index (κ3) is 8.32. The zero-order valence-corrected chi connectivity index (χ0v) is 15.1. The van der Waals surface area contributed by atoms with Gasteiger partial charge in [0.1, 0.15) is 12.4 Å². The van der Waals surface area contributed by atoms with Crippen LogP contribution in [0.25, 0.3) is 6.08 Å². The number of hydrogen-bond donors (Lipinski definition) is 0. The first-order valence-electron chi connectivity index (χ1n) is 7.66. The van der Waals surface area contributed by atoms with Gasteiger partial charge in [0, 0.05) is 6.08 Å². The highest BCUT2D eigenvalue weighted by atomic mass is 17.2. The van der Waals surface area contributed by atoms with Crippen LogP contribution in [0.5, 0.6) is 5.75 Å². The number of hydrogen-bond acceptors (Lipinski definition) is 7. The Bertz CT molecular complexity index is 602. The van der Waals surface area contributed by atoms with E-state index < -0.39 is 23.6 Å². The van der Waals surface area contributed by atoms with E-state index in [1.165, 1.54) is 13.2 Å². The lowest BCUT2D eigenvalue weighted by atomic mass is 10.2. The quantitative estimate of drug-likeness (QED) is 0.308. The van der Waals surface area contributed by atoms with Crippen LogP contribution in [0.3, 0.4) is 0 Å². The molecule has 0 aliphatic rings. The maximum absolute atomic E-state index is 11.9. The molecule has 0 heterocycles. The molecule has 0 unspecified atom stereocenters. The maximum atomic E-state index is 11.9. The number of benzene rings is 1. The van der Waals surface area contributed by atoms with Gasteiger partial charge in [-0.3, -0.25) is 0 Å². The highest BCUT2D eigenvalue weighted by Crippen LogP contribution is 2.14. The highest BCUT2D eigenvalue weighted by Gasteiger charge is 2.25. The predicted molar refractivity (Wildman–Crippen MR) is 90.7 cm³/mol. The van der Waals surface area contributed by atoms with Gasteiger partial charge < -0.3 is 14.2 Å². The Kier molecular flexibility index (Phi) is 8.10. The Balaban J connectivity index is 2.64. The summed E-state index contributed by atoms with van der Waals surface area (Å²) in [5.41, 5.74) is 0.190. The molecule has 1 aromatic rings. The zero-order valence-electron chi connectivity index (χ0n) is 15.1. The minimum absolute atomic E-state index is 0.275. The number of methoxy groups -OCH3 is 2. The normalized spacial score (nSPS) is 12.7. The van der Waals surface area contributed by atoms with Crippen molar-refractivity contribution in [1.29, 1.82) is 0 Å². The largest absolute Gasteiger partial charge is 0.497 e. The molecule has 0 aliphatic carbocycles. The van der Waals surface area contributed by atoms with E-state index in [1.54, 1.807) is 58.2 Å². The molecular formula is C18H24O7. The molecule has 0 spiro atoms. The number of carbonyl (C=O) groups excluding carboxylic acids is 2. The van der Waals surface area contributed by atoms with Gasteiger partial charge in [-0.2, -0.15) is 0 Å². The lowest BCUT2D eigenvalue weighted by molar-refractivity contribution is -0.355. The van der Waals surface area contributed by atoms with Gasteiger partial charge in [-0.05, 0) is 44.5 Å². The van der Waals surface area contributed by atoms with E-state index in [9.17, 15) is 9.59 Å². The van der Waals surface area contributed by atoms with E-state index in [-0.39, 0.29) is 6.61 Å². The fourth-order valence-electron chi connectivity index (χ4n) is 1.64. The van der Waals surface area contributed by atoms with Gasteiger partial charge >= 0.3 is 11.9 Å². The Hall–Kier alpha value is -2.38. The van der Waals surface area contributed by atoms with Gasteiger partial charge in [0.25, 0.3) is 0 Å². The third-order valence-electron chi connectivity index (χ3n) is 2.76. The molecule has 1 atom stereocenters. The van der Waals surface area contributed by atoms with Crippen molar-refractivity contribution in [1.82, 2.24) is 0 Å². The summed E-state index contributed by atoms with van der Waals surface area (Å²) in [5.74, 6) is -0.783. The van der Waals surface area contributed by atoms with Gasteiger partial charge in [-0.25, -0.2) is 19.4 Å².